The summed E-state index contributed by atoms with van der Waals surface area (Å²) in [7, 11) is 0. The van der Waals surface area contributed by atoms with Gasteiger partial charge in [-0.05, 0) is 61.1 Å². The average Bonchev–Trinajstić information content (AvgIpc) is 3.18. The molecule has 4 aromatic rings. The van der Waals surface area contributed by atoms with E-state index in [1.807, 2.05) is 24.3 Å². The van der Waals surface area contributed by atoms with Crippen LogP contribution in [-0.4, -0.2) is 4.98 Å². The van der Waals surface area contributed by atoms with Gasteiger partial charge in [0.25, 0.3) is 0 Å². The molecule has 0 aliphatic heterocycles. The summed E-state index contributed by atoms with van der Waals surface area (Å²) >= 11 is 0. The second-order valence-electron chi connectivity index (χ2n) is 9.43. The van der Waals surface area contributed by atoms with Crippen molar-refractivity contribution in [2.45, 2.75) is 58.9 Å². The van der Waals surface area contributed by atoms with Gasteiger partial charge in [-0.1, -0.05) is 70.2 Å². The summed E-state index contributed by atoms with van der Waals surface area (Å²) in [6.45, 7) is 13.4. The minimum atomic E-state index is -0.351. The molecule has 0 saturated heterocycles. The maximum atomic E-state index is 6.06. The molecule has 0 bridgehead atoms. The summed E-state index contributed by atoms with van der Waals surface area (Å²) in [5.41, 5.74) is 6.28. The number of pyridine rings is 1. The Morgan fingerprint density at radius 2 is 1.45 bits per heavy atom. The highest BCUT2D eigenvalue weighted by molar-refractivity contribution is 5.82. The van der Waals surface area contributed by atoms with Gasteiger partial charge in [-0.15, -0.1) is 0 Å². The largest absolute Gasteiger partial charge is 0.454 e. The molecule has 0 unspecified atom stereocenters. The van der Waals surface area contributed by atoms with Gasteiger partial charge in [0.2, 0.25) is 0 Å². The van der Waals surface area contributed by atoms with E-state index >= 15 is 0 Å². The summed E-state index contributed by atoms with van der Waals surface area (Å²) < 4.78 is 6.06. The first-order valence-electron chi connectivity index (χ1n) is 11.1. The Hall–Kier alpha value is -3.07. The molecule has 3 heteroatoms. The highest BCUT2D eigenvalue weighted by Crippen LogP contribution is 2.37. The van der Waals surface area contributed by atoms with E-state index in [1.54, 1.807) is 0 Å². The molecule has 0 saturated carbocycles. The molecule has 3 nitrogen and oxygen atoms in total. The second-order valence-corrected chi connectivity index (χ2v) is 9.43. The minimum absolute atomic E-state index is 0.351. The number of furan rings is 1. The number of rotatable bonds is 6. The molecule has 0 fully saturated rings. The van der Waals surface area contributed by atoms with E-state index in [2.05, 4.69) is 89.3 Å². The van der Waals surface area contributed by atoms with Gasteiger partial charge in [0, 0.05) is 11.1 Å². The fourth-order valence-corrected chi connectivity index (χ4v) is 4.10. The monoisotopic (exact) mass is 412 g/mol. The van der Waals surface area contributed by atoms with E-state index in [0.717, 1.165) is 28.1 Å². The van der Waals surface area contributed by atoms with Crippen molar-refractivity contribution >= 4 is 16.7 Å². The van der Waals surface area contributed by atoms with Crippen molar-refractivity contribution in [3.8, 4) is 11.5 Å². The van der Waals surface area contributed by atoms with Crippen LogP contribution in [-0.2, 0) is 5.54 Å². The van der Waals surface area contributed by atoms with Gasteiger partial charge in [0.05, 0.1) is 11.2 Å². The number of nitrogens with zero attached hydrogens (tertiary/aromatic N) is 1. The zero-order chi connectivity index (χ0) is 22.2. The van der Waals surface area contributed by atoms with E-state index in [9.17, 15) is 0 Å². The molecular weight excluding hydrogens is 380 g/mol. The lowest BCUT2D eigenvalue weighted by Crippen LogP contribution is -2.30. The third-order valence-electron chi connectivity index (χ3n) is 5.88. The van der Waals surface area contributed by atoms with Crippen LogP contribution < -0.4 is 5.32 Å². The normalized spacial score (nSPS) is 12.1. The summed E-state index contributed by atoms with van der Waals surface area (Å²) in [5.74, 6) is 1.67. The lowest BCUT2D eigenvalue weighted by molar-refractivity contribution is 0.580. The average molecular weight is 413 g/mol. The molecular formula is C28H32N2O. The van der Waals surface area contributed by atoms with Gasteiger partial charge in [-0.25, -0.2) is 4.98 Å². The van der Waals surface area contributed by atoms with E-state index in [4.69, 9.17) is 9.40 Å². The van der Waals surface area contributed by atoms with Crippen molar-refractivity contribution < 1.29 is 4.42 Å². The first-order chi connectivity index (χ1) is 14.8. The van der Waals surface area contributed by atoms with Crippen LogP contribution in [0.1, 0.15) is 70.2 Å². The number of anilines is 1. The fourth-order valence-electron chi connectivity index (χ4n) is 4.10. The quantitative estimate of drug-likeness (QED) is 0.348. The Morgan fingerprint density at radius 1 is 0.806 bits per heavy atom. The Bertz CT molecular complexity index is 1140. The van der Waals surface area contributed by atoms with Gasteiger partial charge in [0.1, 0.15) is 11.3 Å². The van der Waals surface area contributed by atoms with Crippen molar-refractivity contribution in [1.82, 2.24) is 4.98 Å². The molecule has 1 N–H and O–H groups in total. The summed E-state index contributed by atoms with van der Waals surface area (Å²) in [6.07, 6.45) is 0. The lowest BCUT2D eigenvalue weighted by Gasteiger charge is -2.31. The van der Waals surface area contributed by atoms with E-state index in [1.165, 1.54) is 16.8 Å². The molecule has 2 heterocycles. The molecule has 0 spiro atoms. The third-order valence-corrected chi connectivity index (χ3v) is 5.88. The maximum absolute atomic E-state index is 6.06. The van der Waals surface area contributed by atoms with Gasteiger partial charge in [-0.2, -0.15) is 0 Å². The first-order valence-corrected chi connectivity index (χ1v) is 11.1. The number of aromatic nitrogens is 1. The lowest BCUT2D eigenvalue weighted by atomic mass is 9.90. The van der Waals surface area contributed by atoms with Crippen LogP contribution in [0.3, 0.4) is 0 Å². The molecule has 2 aromatic carbocycles. The van der Waals surface area contributed by atoms with Crippen molar-refractivity contribution in [3.63, 3.8) is 0 Å². The van der Waals surface area contributed by atoms with Crippen molar-refractivity contribution in [2.75, 3.05) is 5.32 Å². The smallest absolute Gasteiger partial charge is 0.153 e. The molecule has 0 aliphatic rings. The molecule has 31 heavy (non-hydrogen) atoms. The fraction of sp³-hybridized carbons (Fsp3) is 0.321. The highest BCUT2D eigenvalue weighted by Gasteiger charge is 2.26. The van der Waals surface area contributed by atoms with E-state index < -0.39 is 0 Å². The molecule has 0 radical (unpaired) electrons. The maximum Gasteiger partial charge on any atom is 0.153 e. The molecule has 160 valence electrons. The standard InChI is InChI=1S/C28H32N2O/c1-18(2)21-12-9-13-22(19(3)4)27(21)30-28(5,6)26-16-10-14-23(29-26)25-17-20-11-7-8-15-24(20)31-25/h7-19,30H,1-6H3. The van der Waals surface area contributed by atoms with Gasteiger partial charge < -0.3 is 9.73 Å². The van der Waals surface area contributed by atoms with Gasteiger partial charge in [0.15, 0.2) is 5.76 Å². The number of nitrogens with one attached hydrogen (secondary N) is 1. The zero-order valence-electron chi connectivity index (χ0n) is 19.4. The van der Waals surface area contributed by atoms with Crippen molar-refractivity contribution in [3.05, 3.63) is 83.6 Å². The van der Waals surface area contributed by atoms with Gasteiger partial charge >= 0.3 is 0 Å². The van der Waals surface area contributed by atoms with Crippen LogP contribution in [0.4, 0.5) is 5.69 Å². The Morgan fingerprint density at radius 3 is 2.10 bits per heavy atom. The Labute approximate surface area is 185 Å². The molecule has 0 aliphatic carbocycles. The van der Waals surface area contributed by atoms with E-state index in [0.29, 0.717) is 11.8 Å². The van der Waals surface area contributed by atoms with E-state index in [-0.39, 0.29) is 5.54 Å². The van der Waals surface area contributed by atoms with Crippen molar-refractivity contribution in [1.29, 1.82) is 0 Å². The zero-order valence-corrected chi connectivity index (χ0v) is 19.4. The van der Waals surface area contributed by atoms with Crippen LogP contribution in [0.15, 0.2) is 71.1 Å². The Balaban J connectivity index is 1.73. The number of hydrogen-bond acceptors (Lipinski definition) is 3. The molecule has 0 atom stereocenters. The predicted octanol–water partition coefficient (Wildman–Crippen LogP) is 8.09. The van der Waals surface area contributed by atoms with Crippen LogP contribution in [0, 0.1) is 0 Å². The summed E-state index contributed by atoms with van der Waals surface area (Å²) in [6, 6.07) is 22.9. The number of hydrogen-bond donors (Lipinski definition) is 1. The second kappa shape index (κ2) is 8.22. The highest BCUT2D eigenvalue weighted by atomic mass is 16.3. The SMILES string of the molecule is CC(C)c1cccc(C(C)C)c1NC(C)(C)c1cccc(-c2cc3ccccc3o2)n1. The van der Waals surface area contributed by atoms with Crippen LogP contribution >= 0.6 is 0 Å². The van der Waals surface area contributed by atoms with Crippen LogP contribution in [0.25, 0.3) is 22.4 Å². The molecule has 4 rings (SSSR count). The van der Waals surface area contributed by atoms with Gasteiger partial charge in [-0.3, -0.25) is 0 Å². The number of fused-ring (bicyclic) bond motifs is 1. The number of para-hydroxylation sites is 2. The third kappa shape index (κ3) is 4.23. The molecule has 0 amide bonds. The van der Waals surface area contributed by atoms with Crippen LogP contribution in [0.2, 0.25) is 0 Å². The molecule has 2 aromatic heterocycles. The number of benzene rings is 2. The summed E-state index contributed by atoms with van der Waals surface area (Å²) in [4.78, 5) is 5.00. The van der Waals surface area contributed by atoms with Crippen molar-refractivity contribution in [2.24, 2.45) is 0 Å². The summed E-state index contributed by atoms with van der Waals surface area (Å²) in [5, 5.41) is 4.94. The predicted molar refractivity (Wildman–Crippen MR) is 131 cm³/mol. The minimum Gasteiger partial charge on any atom is -0.454 e. The first kappa shape index (κ1) is 21.2. The van der Waals surface area contributed by atoms with Crippen LogP contribution in [0.5, 0.6) is 0 Å². The Kier molecular flexibility index (Phi) is 5.62. The topological polar surface area (TPSA) is 38.1 Å².